The summed E-state index contributed by atoms with van der Waals surface area (Å²) in [4.78, 5) is 24.6. The van der Waals surface area contributed by atoms with E-state index in [9.17, 15) is 9.59 Å². The van der Waals surface area contributed by atoms with Crippen molar-refractivity contribution in [2.45, 2.75) is 161 Å². The summed E-state index contributed by atoms with van der Waals surface area (Å²) in [5.74, 6) is 5.85. The predicted octanol–water partition coefficient (Wildman–Crippen LogP) is 7.94. The van der Waals surface area contributed by atoms with Gasteiger partial charge in [0.1, 0.15) is 0 Å². The van der Waals surface area contributed by atoms with Gasteiger partial charge in [-0.05, 0) is 123 Å². The number of unbranched alkanes of at least 4 members (excludes halogenated alkanes) is 5. The highest BCUT2D eigenvalue weighted by Crippen LogP contribution is 2.66. The van der Waals surface area contributed by atoms with Crippen molar-refractivity contribution < 1.29 is 9.59 Å². The lowest BCUT2D eigenvalue weighted by atomic mass is 9.47. The zero-order chi connectivity index (χ0) is 27.0. The summed E-state index contributed by atoms with van der Waals surface area (Å²) >= 11 is 0. The Bertz CT molecular complexity index is 880. The maximum Gasteiger partial charge on any atom is 0.220 e. The van der Waals surface area contributed by atoms with Crippen LogP contribution in [0.1, 0.15) is 149 Å². The van der Waals surface area contributed by atoms with Crippen molar-refractivity contribution in [3.05, 3.63) is 0 Å². The molecule has 2 amide bonds. The molecular formula is C35H58N2O2. The molecule has 2 bridgehead atoms. The van der Waals surface area contributed by atoms with Crippen molar-refractivity contribution >= 4 is 11.8 Å². The number of carbonyl (C=O) groups excluding carboxylic acids is 2. The molecule has 0 aromatic rings. The summed E-state index contributed by atoms with van der Waals surface area (Å²) in [6, 6.07) is 0.924. The number of fused-ring (bicyclic) bond motifs is 8. The first kappa shape index (κ1) is 28.1. The third kappa shape index (κ3) is 5.57. The minimum atomic E-state index is 0.296. The molecule has 6 aliphatic carbocycles. The molecule has 1 heterocycles. The number of hydrogen-bond donors (Lipinski definition) is 2. The lowest BCUT2D eigenvalue weighted by molar-refractivity contribution is -0.136. The Hall–Kier alpha value is -1.06. The van der Waals surface area contributed by atoms with Crippen LogP contribution in [0.5, 0.6) is 0 Å². The fourth-order valence-corrected chi connectivity index (χ4v) is 11.5. The van der Waals surface area contributed by atoms with Gasteiger partial charge in [-0.15, -0.1) is 0 Å². The molecule has 4 nitrogen and oxygen atoms in total. The van der Waals surface area contributed by atoms with Gasteiger partial charge in [-0.3, -0.25) is 9.59 Å². The maximum absolute atomic E-state index is 12.5. The highest BCUT2D eigenvalue weighted by molar-refractivity contribution is 5.77. The van der Waals surface area contributed by atoms with E-state index in [2.05, 4.69) is 24.5 Å². The Kier molecular flexibility index (Phi) is 8.40. The van der Waals surface area contributed by atoms with E-state index in [1.165, 1.54) is 109 Å². The van der Waals surface area contributed by atoms with Gasteiger partial charge in [0, 0.05) is 24.9 Å². The largest absolute Gasteiger partial charge is 0.353 e. The Morgan fingerprint density at radius 2 is 1.56 bits per heavy atom. The molecule has 2 N–H and O–H groups in total. The zero-order valence-electron chi connectivity index (χ0n) is 25.3. The van der Waals surface area contributed by atoms with Gasteiger partial charge in [0.25, 0.3) is 0 Å². The van der Waals surface area contributed by atoms with Crippen LogP contribution in [0.4, 0.5) is 0 Å². The van der Waals surface area contributed by atoms with Gasteiger partial charge < -0.3 is 10.6 Å². The van der Waals surface area contributed by atoms with Crippen molar-refractivity contribution in [3.63, 3.8) is 0 Å². The summed E-state index contributed by atoms with van der Waals surface area (Å²) in [6.07, 6.45) is 26.8. The standard InChI is InChI=1S/C35H58N2O2/c1-34-21-19-29-27(16-18-31-35(29,2)22-20-33(39)37-31)28(34)17-15-26(34)9-7-5-3-4-6-8-10-32(38)36-30-23-24-11-13-25(30)14-12-24/h24-31H,3-23H2,1-2H3,(H,36,38)(H,37,39)/t24?,25?,26-,27-,28-,29-,30?,31+,34+,35+/m0/s1. The molecule has 0 radical (unpaired) electrons. The summed E-state index contributed by atoms with van der Waals surface area (Å²) in [6.45, 7) is 5.20. The van der Waals surface area contributed by atoms with Gasteiger partial charge in [-0.1, -0.05) is 58.8 Å². The quantitative estimate of drug-likeness (QED) is 0.277. The molecule has 7 aliphatic rings. The van der Waals surface area contributed by atoms with E-state index in [0.29, 0.717) is 34.7 Å². The SMILES string of the molecule is C[C@]12CCC(=O)N[C@@H]1CC[C@@H]1[C@@H]2CC[C@]2(C)[C@@H](CCCCCCCCC(=O)NC3CC4CCC3CC4)CC[C@@H]12. The summed E-state index contributed by atoms with van der Waals surface area (Å²) in [5, 5.41) is 6.79. The van der Waals surface area contributed by atoms with Gasteiger partial charge in [-0.2, -0.15) is 0 Å². The van der Waals surface area contributed by atoms with Crippen LogP contribution in [0, 0.1) is 46.3 Å². The Labute approximate surface area is 239 Å². The van der Waals surface area contributed by atoms with Gasteiger partial charge in [0.15, 0.2) is 0 Å². The average Bonchev–Trinajstić information content (AvgIpc) is 3.27. The highest BCUT2D eigenvalue weighted by atomic mass is 16.2. The molecule has 6 saturated carbocycles. The second-order valence-corrected chi connectivity index (χ2v) is 15.7. The van der Waals surface area contributed by atoms with Crippen LogP contribution in [-0.4, -0.2) is 23.9 Å². The van der Waals surface area contributed by atoms with E-state index in [1.807, 2.05) is 0 Å². The van der Waals surface area contributed by atoms with Crippen LogP contribution in [-0.2, 0) is 9.59 Å². The number of nitrogens with one attached hydrogen (secondary N) is 2. The van der Waals surface area contributed by atoms with E-state index in [1.54, 1.807) is 0 Å². The van der Waals surface area contributed by atoms with Crippen LogP contribution in [0.3, 0.4) is 0 Å². The number of amides is 2. The Morgan fingerprint density at radius 1 is 0.821 bits per heavy atom. The van der Waals surface area contributed by atoms with Crippen molar-refractivity contribution in [2.24, 2.45) is 46.3 Å². The van der Waals surface area contributed by atoms with Gasteiger partial charge in [-0.25, -0.2) is 0 Å². The fraction of sp³-hybridized carbons (Fsp3) is 0.943. The van der Waals surface area contributed by atoms with Gasteiger partial charge in [0.2, 0.25) is 11.8 Å². The molecule has 1 aliphatic heterocycles. The fourth-order valence-electron chi connectivity index (χ4n) is 11.5. The Balaban J connectivity index is 0.872. The molecule has 220 valence electrons. The number of piperidine rings is 1. The lowest BCUT2D eigenvalue weighted by Crippen LogP contribution is -2.61. The minimum Gasteiger partial charge on any atom is -0.353 e. The third-order valence-corrected chi connectivity index (χ3v) is 13.9. The van der Waals surface area contributed by atoms with Crippen LogP contribution in [0.2, 0.25) is 0 Å². The normalized spacial score (nSPS) is 44.7. The lowest BCUT2D eigenvalue weighted by Gasteiger charge is -2.60. The molecule has 1 saturated heterocycles. The monoisotopic (exact) mass is 538 g/mol. The topological polar surface area (TPSA) is 58.2 Å². The molecule has 4 heteroatoms. The first-order chi connectivity index (χ1) is 18.9. The summed E-state index contributed by atoms with van der Waals surface area (Å²) in [5.41, 5.74) is 0.903. The van der Waals surface area contributed by atoms with E-state index in [0.717, 1.165) is 61.2 Å². The van der Waals surface area contributed by atoms with Gasteiger partial charge in [0.05, 0.1) is 0 Å². The van der Waals surface area contributed by atoms with Crippen molar-refractivity contribution in [3.8, 4) is 0 Å². The van der Waals surface area contributed by atoms with Crippen molar-refractivity contribution in [1.29, 1.82) is 0 Å². The Morgan fingerprint density at radius 3 is 2.33 bits per heavy atom. The zero-order valence-corrected chi connectivity index (χ0v) is 25.3. The average molecular weight is 539 g/mol. The first-order valence-corrected chi connectivity index (χ1v) is 17.5. The van der Waals surface area contributed by atoms with Crippen LogP contribution < -0.4 is 10.6 Å². The molecule has 0 aromatic heterocycles. The second kappa shape index (κ2) is 11.7. The van der Waals surface area contributed by atoms with E-state index in [4.69, 9.17) is 0 Å². The van der Waals surface area contributed by atoms with E-state index >= 15 is 0 Å². The number of hydrogen-bond acceptors (Lipinski definition) is 2. The first-order valence-electron chi connectivity index (χ1n) is 17.5. The summed E-state index contributed by atoms with van der Waals surface area (Å²) in [7, 11) is 0. The van der Waals surface area contributed by atoms with Gasteiger partial charge >= 0.3 is 0 Å². The number of carbonyl (C=O) groups is 2. The number of rotatable bonds is 10. The molecule has 7 fully saturated rings. The van der Waals surface area contributed by atoms with Crippen molar-refractivity contribution in [2.75, 3.05) is 0 Å². The van der Waals surface area contributed by atoms with Crippen LogP contribution in [0.15, 0.2) is 0 Å². The summed E-state index contributed by atoms with van der Waals surface area (Å²) < 4.78 is 0. The smallest absolute Gasteiger partial charge is 0.220 e. The second-order valence-electron chi connectivity index (χ2n) is 15.7. The molecular weight excluding hydrogens is 480 g/mol. The molecule has 0 aromatic carbocycles. The molecule has 7 rings (SSSR count). The highest BCUT2D eigenvalue weighted by Gasteiger charge is 2.60. The third-order valence-electron chi connectivity index (χ3n) is 13.9. The van der Waals surface area contributed by atoms with E-state index < -0.39 is 0 Å². The molecule has 0 spiro atoms. The molecule has 1 unspecified atom stereocenters. The predicted molar refractivity (Wildman–Crippen MR) is 158 cm³/mol. The molecule has 39 heavy (non-hydrogen) atoms. The maximum atomic E-state index is 12.5. The van der Waals surface area contributed by atoms with Crippen molar-refractivity contribution in [1.82, 2.24) is 10.6 Å². The van der Waals surface area contributed by atoms with Crippen LogP contribution >= 0.6 is 0 Å². The van der Waals surface area contributed by atoms with Crippen LogP contribution in [0.25, 0.3) is 0 Å². The molecule has 8 atom stereocenters. The minimum absolute atomic E-state index is 0.296. The van der Waals surface area contributed by atoms with E-state index in [-0.39, 0.29) is 0 Å².